The van der Waals surface area contributed by atoms with Crippen molar-refractivity contribution in [1.82, 2.24) is 16.0 Å². The van der Waals surface area contributed by atoms with Gasteiger partial charge in [0.15, 0.2) is 5.96 Å². The van der Waals surface area contributed by atoms with Crippen molar-refractivity contribution in [2.24, 2.45) is 10.4 Å². The van der Waals surface area contributed by atoms with Crippen molar-refractivity contribution < 1.29 is 14.3 Å². The number of nitrogens with one attached hydrogen (secondary N) is 3. The fraction of sp³-hybridized carbons (Fsp3) is 0.636. The van der Waals surface area contributed by atoms with Crippen molar-refractivity contribution in [1.29, 1.82) is 0 Å². The molecule has 162 valence electrons. The Morgan fingerprint density at radius 3 is 2.62 bits per heavy atom. The number of aliphatic hydroxyl groups is 1. The molecule has 0 aliphatic heterocycles. The Labute approximate surface area is 173 Å². The maximum absolute atomic E-state index is 13.2. The third-order valence-corrected chi connectivity index (χ3v) is 5.47. The summed E-state index contributed by atoms with van der Waals surface area (Å²) in [7, 11) is 0. The van der Waals surface area contributed by atoms with Crippen molar-refractivity contribution in [2.75, 3.05) is 32.8 Å². The zero-order valence-electron chi connectivity index (χ0n) is 17.5. The van der Waals surface area contributed by atoms with Crippen LogP contribution in [0.2, 0.25) is 0 Å². The summed E-state index contributed by atoms with van der Waals surface area (Å²) in [6, 6.07) is 6.09. The van der Waals surface area contributed by atoms with Gasteiger partial charge in [0.25, 0.3) is 0 Å². The molecule has 0 aromatic heterocycles. The number of nitrogens with zero attached hydrogens (tertiary/aromatic N) is 1. The Morgan fingerprint density at radius 2 is 1.93 bits per heavy atom. The van der Waals surface area contributed by atoms with Gasteiger partial charge in [-0.1, -0.05) is 31.4 Å². The smallest absolute Gasteiger partial charge is 0.224 e. The molecule has 1 fully saturated rings. The lowest BCUT2D eigenvalue weighted by Gasteiger charge is -2.35. The third kappa shape index (κ3) is 8.40. The van der Waals surface area contributed by atoms with Crippen molar-refractivity contribution in [3.63, 3.8) is 0 Å². The van der Waals surface area contributed by atoms with E-state index in [1.165, 1.54) is 31.4 Å². The van der Waals surface area contributed by atoms with E-state index in [1.807, 2.05) is 6.92 Å². The van der Waals surface area contributed by atoms with E-state index in [1.54, 1.807) is 12.1 Å². The average molecular weight is 407 g/mol. The molecule has 4 N–H and O–H groups in total. The lowest BCUT2D eigenvalue weighted by atomic mass is 9.72. The molecule has 0 radical (unpaired) electrons. The Kier molecular flexibility index (Phi) is 9.91. The molecule has 0 saturated heterocycles. The zero-order valence-corrected chi connectivity index (χ0v) is 17.5. The van der Waals surface area contributed by atoms with Crippen molar-refractivity contribution in [2.45, 2.75) is 51.9 Å². The molecule has 0 bridgehead atoms. The quantitative estimate of drug-likeness (QED) is 0.273. The number of rotatable bonds is 10. The van der Waals surface area contributed by atoms with E-state index < -0.39 is 0 Å². The van der Waals surface area contributed by atoms with Crippen LogP contribution in [0.1, 0.15) is 51.0 Å². The highest BCUT2D eigenvalue weighted by Gasteiger charge is 2.31. The van der Waals surface area contributed by atoms with Crippen LogP contribution in [0.25, 0.3) is 0 Å². The summed E-state index contributed by atoms with van der Waals surface area (Å²) in [5.74, 6) is 0.263. The van der Waals surface area contributed by atoms with Crippen LogP contribution in [0.4, 0.5) is 4.39 Å². The molecular weight excluding hydrogens is 371 g/mol. The highest BCUT2D eigenvalue weighted by atomic mass is 19.1. The van der Waals surface area contributed by atoms with Gasteiger partial charge in [0.05, 0.1) is 6.42 Å². The van der Waals surface area contributed by atoms with Gasteiger partial charge >= 0.3 is 0 Å². The van der Waals surface area contributed by atoms with Gasteiger partial charge in [-0.15, -0.1) is 0 Å². The number of aliphatic hydroxyl groups excluding tert-OH is 1. The molecule has 0 unspecified atom stereocenters. The van der Waals surface area contributed by atoms with Crippen molar-refractivity contribution in [3.05, 3.63) is 35.6 Å². The Balaban J connectivity index is 1.77. The maximum Gasteiger partial charge on any atom is 0.224 e. The minimum atomic E-state index is -0.333. The highest BCUT2D eigenvalue weighted by Crippen LogP contribution is 2.39. The van der Waals surface area contributed by atoms with Crippen molar-refractivity contribution in [3.8, 4) is 0 Å². The number of benzene rings is 1. The lowest BCUT2D eigenvalue weighted by Crippen LogP contribution is -2.42. The first-order valence-corrected chi connectivity index (χ1v) is 10.7. The van der Waals surface area contributed by atoms with Gasteiger partial charge in [-0.2, -0.15) is 0 Å². The third-order valence-electron chi connectivity index (χ3n) is 5.47. The number of guanidine groups is 1. The van der Waals surface area contributed by atoms with Gasteiger partial charge in [-0.05, 0) is 49.3 Å². The number of aliphatic imine (C=N–C) groups is 1. The molecule has 0 atom stereocenters. The van der Waals surface area contributed by atoms with Crippen LogP contribution in [0.5, 0.6) is 0 Å². The minimum absolute atomic E-state index is 0.106. The van der Waals surface area contributed by atoms with Crippen LogP contribution in [0.3, 0.4) is 0 Å². The van der Waals surface area contributed by atoms with E-state index in [4.69, 9.17) is 4.99 Å². The molecule has 1 aliphatic rings. The van der Waals surface area contributed by atoms with Gasteiger partial charge in [0.2, 0.25) is 5.91 Å². The number of carbonyl (C=O) groups excluding carboxylic acids is 1. The first-order valence-electron chi connectivity index (χ1n) is 10.7. The molecule has 7 heteroatoms. The average Bonchev–Trinajstić information content (AvgIpc) is 2.70. The van der Waals surface area contributed by atoms with E-state index >= 15 is 0 Å². The van der Waals surface area contributed by atoms with Crippen molar-refractivity contribution >= 4 is 11.9 Å². The van der Waals surface area contributed by atoms with Crippen LogP contribution >= 0.6 is 0 Å². The monoisotopic (exact) mass is 406 g/mol. The second-order valence-corrected chi connectivity index (χ2v) is 7.81. The van der Waals surface area contributed by atoms with Crippen LogP contribution in [-0.2, 0) is 11.2 Å². The number of halogens is 1. The molecule has 6 nitrogen and oxygen atoms in total. The molecule has 1 saturated carbocycles. The molecule has 1 aliphatic carbocycles. The molecule has 2 rings (SSSR count). The summed E-state index contributed by atoms with van der Waals surface area (Å²) in [5.41, 5.74) is 0.765. The van der Waals surface area contributed by atoms with Crippen LogP contribution in [-0.4, -0.2) is 49.8 Å². The second-order valence-electron chi connectivity index (χ2n) is 7.81. The van der Waals surface area contributed by atoms with E-state index in [0.717, 1.165) is 31.8 Å². The molecule has 1 aromatic carbocycles. The Hall–Kier alpha value is -2.15. The van der Waals surface area contributed by atoms with Crippen LogP contribution in [0.15, 0.2) is 29.3 Å². The van der Waals surface area contributed by atoms with E-state index in [9.17, 15) is 14.3 Å². The summed E-state index contributed by atoms with van der Waals surface area (Å²) in [4.78, 5) is 16.8. The predicted octanol–water partition coefficient (Wildman–Crippen LogP) is 2.37. The van der Waals surface area contributed by atoms with Crippen LogP contribution in [0, 0.1) is 11.2 Å². The largest absolute Gasteiger partial charge is 0.396 e. The van der Waals surface area contributed by atoms with E-state index in [-0.39, 0.29) is 30.2 Å². The molecule has 0 heterocycles. The summed E-state index contributed by atoms with van der Waals surface area (Å²) >= 11 is 0. The highest BCUT2D eigenvalue weighted by molar-refractivity contribution is 5.80. The minimum Gasteiger partial charge on any atom is -0.396 e. The van der Waals surface area contributed by atoms with Gasteiger partial charge < -0.3 is 21.1 Å². The van der Waals surface area contributed by atoms with Crippen LogP contribution < -0.4 is 16.0 Å². The topological polar surface area (TPSA) is 85.8 Å². The summed E-state index contributed by atoms with van der Waals surface area (Å²) < 4.78 is 13.2. The molecule has 1 aromatic rings. The SMILES string of the molecule is CCNC(=NCC1(CCO)CCCCC1)NCCNC(=O)Cc1cccc(F)c1. The Bertz CT molecular complexity index is 654. The normalized spacial score (nSPS) is 16.3. The van der Waals surface area contributed by atoms with E-state index in [0.29, 0.717) is 25.2 Å². The Morgan fingerprint density at radius 1 is 1.17 bits per heavy atom. The molecular formula is C22H35FN4O2. The molecule has 29 heavy (non-hydrogen) atoms. The maximum atomic E-state index is 13.2. The first-order chi connectivity index (χ1) is 14.1. The predicted molar refractivity (Wildman–Crippen MR) is 114 cm³/mol. The lowest BCUT2D eigenvalue weighted by molar-refractivity contribution is -0.120. The molecule has 1 amide bonds. The number of hydrogen-bond acceptors (Lipinski definition) is 3. The number of carbonyl (C=O) groups is 1. The van der Waals surface area contributed by atoms with Gasteiger partial charge in [-0.25, -0.2) is 4.39 Å². The molecule has 0 spiro atoms. The fourth-order valence-electron chi connectivity index (χ4n) is 3.89. The standard InChI is InChI=1S/C22H35FN4O2/c1-2-24-21(27-17-22(11-14-28)9-4-3-5-10-22)26-13-12-25-20(29)16-18-7-6-8-19(23)15-18/h6-8,15,28H,2-5,9-14,16-17H2,1H3,(H,25,29)(H2,24,26,27). The fourth-order valence-corrected chi connectivity index (χ4v) is 3.89. The first kappa shape index (κ1) is 23.1. The summed E-state index contributed by atoms with van der Waals surface area (Å²) in [5, 5.41) is 18.8. The number of amides is 1. The van der Waals surface area contributed by atoms with Gasteiger partial charge in [0, 0.05) is 32.8 Å². The van der Waals surface area contributed by atoms with Gasteiger partial charge in [-0.3, -0.25) is 9.79 Å². The second kappa shape index (κ2) is 12.4. The summed E-state index contributed by atoms with van der Waals surface area (Å²) in [6.45, 7) is 4.69. The van der Waals surface area contributed by atoms with E-state index in [2.05, 4.69) is 16.0 Å². The van der Waals surface area contributed by atoms with Gasteiger partial charge in [0.1, 0.15) is 5.82 Å². The number of hydrogen-bond donors (Lipinski definition) is 4. The summed E-state index contributed by atoms with van der Waals surface area (Å²) in [6.07, 6.45) is 6.87. The zero-order chi connectivity index (χ0) is 21.0.